The van der Waals surface area contributed by atoms with E-state index in [0.29, 0.717) is 6.42 Å². The van der Waals surface area contributed by atoms with Crippen LogP contribution in [0.2, 0.25) is 0 Å². The first-order chi connectivity index (χ1) is 9.03. The molecular weight excluding hydrogens is 252 g/mol. The molecule has 6 nitrogen and oxygen atoms in total. The molecule has 0 aromatic heterocycles. The Morgan fingerprint density at radius 1 is 0.842 bits per heavy atom. The first kappa shape index (κ1) is 17.4. The number of carbonyl (C=O) groups is 3. The highest BCUT2D eigenvalue weighted by Gasteiger charge is 2.18. The summed E-state index contributed by atoms with van der Waals surface area (Å²) in [5, 5.41) is 0. The Balaban J connectivity index is 4.24. The van der Waals surface area contributed by atoms with E-state index in [9.17, 15) is 14.4 Å². The zero-order valence-electron chi connectivity index (χ0n) is 11.8. The van der Waals surface area contributed by atoms with Crippen LogP contribution in [0.1, 0.15) is 46.5 Å². The van der Waals surface area contributed by atoms with Gasteiger partial charge in [0.2, 0.25) is 0 Å². The number of esters is 3. The Morgan fingerprint density at radius 3 is 1.68 bits per heavy atom. The molecule has 0 heterocycles. The number of hydrogen-bond acceptors (Lipinski definition) is 6. The van der Waals surface area contributed by atoms with Crippen LogP contribution in [0.3, 0.4) is 0 Å². The summed E-state index contributed by atoms with van der Waals surface area (Å²) in [6.45, 7) is 4.98. The first-order valence-corrected chi connectivity index (χ1v) is 6.54. The molecule has 0 aromatic rings. The maximum Gasteiger partial charge on any atom is 0.306 e. The third-order valence-electron chi connectivity index (χ3n) is 2.19. The Bertz CT molecular complexity index is 280. The molecule has 0 saturated carbocycles. The van der Waals surface area contributed by atoms with Gasteiger partial charge in [0.1, 0.15) is 13.2 Å². The number of rotatable bonds is 9. The summed E-state index contributed by atoms with van der Waals surface area (Å²) >= 11 is 0. The van der Waals surface area contributed by atoms with E-state index < -0.39 is 24.0 Å². The van der Waals surface area contributed by atoms with Crippen molar-refractivity contribution in [3.63, 3.8) is 0 Å². The van der Waals surface area contributed by atoms with Crippen LogP contribution in [-0.2, 0) is 28.6 Å². The average molecular weight is 274 g/mol. The van der Waals surface area contributed by atoms with Crippen molar-refractivity contribution in [2.45, 2.75) is 52.6 Å². The molecule has 110 valence electrons. The molecule has 0 rings (SSSR count). The van der Waals surface area contributed by atoms with Gasteiger partial charge in [-0.2, -0.15) is 0 Å². The summed E-state index contributed by atoms with van der Waals surface area (Å²) in [6.07, 6.45) is 0.675. The Morgan fingerprint density at radius 2 is 1.32 bits per heavy atom. The maximum absolute atomic E-state index is 11.4. The van der Waals surface area contributed by atoms with E-state index in [0.717, 1.165) is 0 Å². The van der Waals surface area contributed by atoms with Crippen LogP contribution in [0.15, 0.2) is 0 Å². The van der Waals surface area contributed by atoms with Gasteiger partial charge >= 0.3 is 17.9 Å². The van der Waals surface area contributed by atoms with Crippen molar-refractivity contribution in [2.75, 3.05) is 13.2 Å². The molecule has 0 unspecified atom stereocenters. The van der Waals surface area contributed by atoms with Crippen LogP contribution in [0.4, 0.5) is 0 Å². The highest BCUT2D eigenvalue weighted by atomic mass is 16.6. The maximum atomic E-state index is 11.4. The minimum atomic E-state index is -0.745. The molecule has 19 heavy (non-hydrogen) atoms. The molecule has 0 aliphatic rings. The lowest BCUT2D eigenvalue weighted by molar-refractivity contribution is -0.166. The molecule has 0 aromatic carbocycles. The van der Waals surface area contributed by atoms with Crippen molar-refractivity contribution in [1.29, 1.82) is 0 Å². The molecule has 0 fully saturated rings. The fourth-order valence-electron chi connectivity index (χ4n) is 1.14. The molecular formula is C13H22O6. The minimum Gasteiger partial charge on any atom is -0.462 e. The molecule has 0 aliphatic heterocycles. The third-order valence-corrected chi connectivity index (χ3v) is 2.19. The Hall–Kier alpha value is -1.59. The summed E-state index contributed by atoms with van der Waals surface area (Å²) in [5.41, 5.74) is 0. The highest BCUT2D eigenvalue weighted by Crippen LogP contribution is 2.02. The molecule has 0 aliphatic carbocycles. The fraction of sp³-hybridized carbons (Fsp3) is 0.769. The Kier molecular flexibility index (Phi) is 9.48. The molecule has 0 saturated heterocycles. The summed E-state index contributed by atoms with van der Waals surface area (Å²) in [4.78, 5) is 33.5. The summed E-state index contributed by atoms with van der Waals surface area (Å²) in [5.74, 6) is -1.18. The normalized spacial score (nSPS) is 10.1. The Labute approximate surface area is 113 Å². The van der Waals surface area contributed by atoms with Crippen molar-refractivity contribution in [1.82, 2.24) is 0 Å². The van der Waals surface area contributed by atoms with Gasteiger partial charge in [0.05, 0.1) is 0 Å². The van der Waals surface area contributed by atoms with Crippen LogP contribution in [0.5, 0.6) is 0 Å². The standard InChI is InChI=1S/C13H22O6/c1-4-7-13(16)19-10(8-17-11(14)5-2)9-18-12(15)6-3/h10H,4-9H2,1-3H3. The van der Waals surface area contributed by atoms with Gasteiger partial charge in [-0.1, -0.05) is 20.8 Å². The summed E-state index contributed by atoms with van der Waals surface area (Å²) in [7, 11) is 0. The van der Waals surface area contributed by atoms with Crippen molar-refractivity contribution in [3.8, 4) is 0 Å². The third kappa shape index (κ3) is 9.04. The van der Waals surface area contributed by atoms with Gasteiger partial charge in [0, 0.05) is 19.3 Å². The van der Waals surface area contributed by atoms with Gasteiger partial charge in [-0.3, -0.25) is 14.4 Å². The minimum absolute atomic E-state index is 0.0981. The predicted octanol–water partition coefficient (Wildman–Crippen LogP) is 1.60. The van der Waals surface area contributed by atoms with Crippen LogP contribution >= 0.6 is 0 Å². The second-order valence-corrected chi connectivity index (χ2v) is 3.94. The van der Waals surface area contributed by atoms with E-state index in [1.54, 1.807) is 13.8 Å². The van der Waals surface area contributed by atoms with Crippen molar-refractivity contribution < 1.29 is 28.6 Å². The van der Waals surface area contributed by atoms with Gasteiger partial charge in [0.25, 0.3) is 0 Å². The zero-order chi connectivity index (χ0) is 14.7. The SMILES string of the molecule is CCCC(=O)OC(COC(=O)CC)COC(=O)CC. The smallest absolute Gasteiger partial charge is 0.306 e. The number of hydrogen-bond donors (Lipinski definition) is 0. The number of carbonyl (C=O) groups excluding carboxylic acids is 3. The first-order valence-electron chi connectivity index (χ1n) is 6.54. The predicted molar refractivity (Wildman–Crippen MR) is 67.3 cm³/mol. The van der Waals surface area contributed by atoms with Crippen LogP contribution < -0.4 is 0 Å². The molecule has 0 amide bonds. The van der Waals surface area contributed by atoms with Crippen molar-refractivity contribution >= 4 is 17.9 Å². The van der Waals surface area contributed by atoms with E-state index >= 15 is 0 Å². The van der Waals surface area contributed by atoms with Gasteiger partial charge < -0.3 is 14.2 Å². The molecule has 0 spiro atoms. The molecule has 6 heteroatoms. The summed E-state index contributed by atoms with van der Waals surface area (Å²) < 4.78 is 14.9. The highest BCUT2D eigenvalue weighted by molar-refractivity contribution is 5.70. The second-order valence-electron chi connectivity index (χ2n) is 3.94. The van der Waals surface area contributed by atoms with Gasteiger partial charge in [-0.25, -0.2) is 0 Å². The van der Waals surface area contributed by atoms with Crippen LogP contribution in [-0.4, -0.2) is 37.2 Å². The lowest BCUT2D eigenvalue weighted by atomic mass is 10.3. The van der Waals surface area contributed by atoms with Crippen LogP contribution in [0, 0.1) is 0 Å². The van der Waals surface area contributed by atoms with E-state index in [1.807, 2.05) is 6.92 Å². The van der Waals surface area contributed by atoms with Gasteiger partial charge in [-0.15, -0.1) is 0 Å². The lowest BCUT2D eigenvalue weighted by Crippen LogP contribution is -2.30. The fourth-order valence-corrected chi connectivity index (χ4v) is 1.14. The van der Waals surface area contributed by atoms with E-state index in [2.05, 4.69) is 0 Å². The largest absolute Gasteiger partial charge is 0.462 e. The zero-order valence-corrected chi connectivity index (χ0v) is 11.8. The van der Waals surface area contributed by atoms with Gasteiger partial charge in [0.15, 0.2) is 6.10 Å². The van der Waals surface area contributed by atoms with Crippen LogP contribution in [0.25, 0.3) is 0 Å². The van der Waals surface area contributed by atoms with E-state index in [1.165, 1.54) is 0 Å². The van der Waals surface area contributed by atoms with E-state index in [4.69, 9.17) is 14.2 Å². The molecule has 0 bridgehead atoms. The molecule has 0 N–H and O–H groups in total. The molecule has 0 atom stereocenters. The van der Waals surface area contributed by atoms with Crippen molar-refractivity contribution in [2.24, 2.45) is 0 Å². The quantitative estimate of drug-likeness (QED) is 0.469. The topological polar surface area (TPSA) is 78.9 Å². The van der Waals surface area contributed by atoms with Gasteiger partial charge in [-0.05, 0) is 6.42 Å². The number of ether oxygens (including phenoxy) is 3. The van der Waals surface area contributed by atoms with E-state index in [-0.39, 0.29) is 32.5 Å². The summed E-state index contributed by atoms with van der Waals surface area (Å²) in [6, 6.07) is 0. The lowest BCUT2D eigenvalue weighted by Gasteiger charge is -2.17. The average Bonchev–Trinajstić information content (AvgIpc) is 2.41. The second kappa shape index (κ2) is 10.3. The molecule has 0 radical (unpaired) electrons. The monoisotopic (exact) mass is 274 g/mol. The van der Waals surface area contributed by atoms with Crippen molar-refractivity contribution in [3.05, 3.63) is 0 Å².